The van der Waals surface area contributed by atoms with Crippen molar-refractivity contribution in [3.05, 3.63) is 35.2 Å². The summed E-state index contributed by atoms with van der Waals surface area (Å²) in [5, 5.41) is 8.98. The lowest BCUT2D eigenvalue weighted by Gasteiger charge is -2.04. The SMILES string of the molecule is Cc1cc2nccc(C(=O)O)c2nc1C. The van der Waals surface area contributed by atoms with Gasteiger partial charge < -0.3 is 5.11 Å². The molecule has 0 saturated heterocycles. The molecule has 0 aliphatic heterocycles. The molecule has 2 aromatic rings. The Hall–Kier alpha value is -1.97. The molecule has 2 aromatic heterocycles. The Bertz CT molecular complexity index is 550. The van der Waals surface area contributed by atoms with Gasteiger partial charge in [-0.05, 0) is 31.5 Å². The Morgan fingerprint density at radius 3 is 2.80 bits per heavy atom. The van der Waals surface area contributed by atoms with E-state index in [0.29, 0.717) is 11.0 Å². The van der Waals surface area contributed by atoms with E-state index < -0.39 is 5.97 Å². The number of aryl methyl sites for hydroxylation is 2. The minimum atomic E-state index is -0.974. The third-order valence-electron chi connectivity index (χ3n) is 2.39. The van der Waals surface area contributed by atoms with Gasteiger partial charge in [0, 0.05) is 11.9 Å². The van der Waals surface area contributed by atoms with Gasteiger partial charge in [-0.15, -0.1) is 0 Å². The average molecular weight is 202 g/mol. The number of carbonyl (C=O) groups is 1. The van der Waals surface area contributed by atoms with Gasteiger partial charge >= 0.3 is 5.97 Å². The summed E-state index contributed by atoms with van der Waals surface area (Å²) in [5.74, 6) is -0.974. The first-order valence-electron chi connectivity index (χ1n) is 4.56. The van der Waals surface area contributed by atoms with Crippen LogP contribution < -0.4 is 0 Å². The van der Waals surface area contributed by atoms with Crippen LogP contribution in [0.2, 0.25) is 0 Å². The fourth-order valence-corrected chi connectivity index (χ4v) is 1.43. The fourth-order valence-electron chi connectivity index (χ4n) is 1.43. The highest BCUT2D eigenvalue weighted by molar-refractivity contribution is 6.00. The number of carboxylic acids is 1. The molecular formula is C11H10N2O2. The number of rotatable bonds is 1. The summed E-state index contributed by atoms with van der Waals surface area (Å²) in [7, 11) is 0. The standard InChI is InChI=1S/C11H10N2O2/c1-6-5-9-10(13-7(6)2)8(11(14)15)3-4-12-9/h3-5H,1-2H3,(H,14,15). The van der Waals surface area contributed by atoms with Crippen molar-refractivity contribution >= 4 is 17.0 Å². The molecule has 0 amide bonds. The molecule has 4 heteroatoms. The van der Waals surface area contributed by atoms with Crippen molar-refractivity contribution < 1.29 is 9.90 Å². The molecule has 0 atom stereocenters. The van der Waals surface area contributed by atoms with Crippen molar-refractivity contribution in [1.29, 1.82) is 0 Å². The van der Waals surface area contributed by atoms with Gasteiger partial charge in [0.15, 0.2) is 0 Å². The van der Waals surface area contributed by atoms with Crippen molar-refractivity contribution in [2.75, 3.05) is 0 Å². The Labute approximate surface area is 86.6 Å². The minimum Gasteiger partial charge on any atom is -0.478 e. The molecule has 15 heavy (non-hydrogen) atoms. The molecule has 0 unspecified atom stereocenters. The Kier molecular flexibility index (Phi) is 2.11. The van der Waals surface area contributed by atoms with Crippen LogP contribution in [0, 0.1) is 13.8 Å². The van der Waals surface area contributed by atoms with Crippen LogP contribution >= 0.6 is 0 Å². The van der Waals surface area contributed by atoms with E-state index >= 15 is 0 Å². The lowest BCUT2D eigenvalue weighted by molar-refractivity contribution is 0.0698. The number of fused-ring (bicyclic) bond motifs is 1. The zero-order valence-corrected chi connectivity index (χ0v) is 8.48. The summed E-state index contributed by atoms with van der Waals surface area (Å²) in [6, 6.07) is 3.32. The molecule has 0 fully saturated rings. The van der Waals surface area contributed by atoms with E-state index in [-0.39, 0.29) is 5.56 Å². The van der Waals surface area contributed by atoms with Crippen molar-refractivity contribution in [2.24, 2.45) is 0 Å². The molecule has 0 aromatic carbocycles. The van der Waals surface area contributed by atoms with Crippen LogP contribution in [0.4, 0.5) is 0 Å². The number of aromatic nitrogens is 2. The van der Waals surface area contributed by atoms with Crippen LogP contribution in [0.5, 0.6) is 0 Å². The molecule has 2 heterocycles. The van der Waals surface area contributed by atoms with Crippen molar-refractivity contribution in [3.63, 3.8) is 0 Å². The molecule has 0 aliphatic rings. The summed E-state index contributed by atoms with van der Waals surface area (Å²) < 4.78 is 0. The van der Waals surface area contributed by atoms with E-state index in [9.17, 15) is 4.79 Å². The number of pyridine rings is 2. The molecule has 0 aliphatic carbocycles. The van der Waals surface area contributed by atoms with Gasteiger partial charge in [0.1, 0.15) is 5.52 Å². The van der Waals surface area contributed by atoms with Crippen LogP contribution in [0.1, 0.15) is 21.6 Å². The highest BCUT2D eigenvalue weighted by atomic mass is 16.4. The van der Waals surface area contributed by atoms with Crippen LogP contribution in [-0.4, -0.2) is 21.0 Å². The van der Waals surface area contributed by atoms with Gasteiger partial charge in [-0.25, -0.2) is 4.79 Å². The highest BCUT2D eigenvalue weighted by Gasteiger charge is 2.10. The number of hydrogen-bond acceptors (Lipinski definition) is 3. The number of aromatic carboxylic acids is 1. The number of hydrogen-bond donors (Lipinski definition) is 1. The molecule has 0 radical (unpaired) electrons. The molecule has 76 valence electrons. The van der Waals surface area contributed by atoms with Gasteiger partial charge in [-0.2, -0.15) is 0 Å². The zero-order chi connectivity index (χ0) is 11.0. The lowest BCUT2D eigenvalue weighted by Crippen LogP contribution is -2.01. The summed E-state index contributed by atoms with van der Waals surface area (Å²) in [4.78, 5) is 19.3. The molecule has 1 N–H and O–H groups in total. The van der Waals surface area contributed by atoms with Gasteiger partial charge in [-0.1, -0.05) is 0 Å². The molecule has 2 rings (SSSR count). The van der Waals surface area contributed by atoms with Crippen LogP contribution in [0.3, 0.4) is 0 Å². The third kappa shape index (κ3) is 1.54. The quantitative estimate of drug-likeness (QED) is 0.767. The van der Waals surface area contributed by atoms with E-state index in [1.807, 2.05) is 19.9 Å². The van der Waals surface area contributed by atoms with Crippen molar-refractivity contribution in [3.8, 4) is 0 Å². The van der Waals surface area contributed by atoms with Crippen molar-refractivity contribution in [1.82, 2.24) is 9.97 Å². The third-order valence-corrected chi connectivity index (χ3v) is 2.39. The summed E-state index contributed by atoms with van der Waals surface area (Å²) >= 11 is 0. The largest absolute Gasteiger partial charge is 0.478 e. The van der Waals surface area contributed by atoms with Gasteiger partial charge in [-0.3, -0.25) is 9.97 Å². The Morgan fingerprint density at radius 2 is 2.13 bits per heavy atom. The maximum absolute atomic E-state index is 10.9. The van der Waals surface area contributed by atoms with E-state index in [1.54, 1.807) is 0 Å². The predicted molar refractivity (Wildman–Crippen MR) is 56.0 cm³/mol. The van der Waals surface area contributed by atoms with Gasteiger partial charge in [0.2, 0.25) is 0 Å². The second-order valence-electron chi connectivity index (χ2n) is 3.42. The molecule has 4 nitrogen and oxygen atoms in total. The first-order valence-corrected chi connectivity index (χ1v) is 4.56. The van der Waals surface area contributed by atoms with Crippen LogP contribution in [-0.2, 0) is 0 Å². The normalized spacial score (nSPS) is 10.5. The maximum atomic E-state index is 10.9. The highest BCUT2D eigenvalue weighted by Crippen LogP contribution is 2.17. The first-order chi connectivity index (χ1) is 7.09. The smallest absolute Gasteiger partial charge is 0.338 e. The summed E-state index contributed by atoms with van der Waals surface area (Å²) in [6.45, 7) is 3.78. The van der Waals surface area contributed by atoms with Gasteiger partial charge in [0.25, 0.3) is 0 Å². The predicted octanol–water partition coefficient (Wildman–Crippen LogP) is 1.94. The molecule has 0 bridgehead atoms. The van der Waals surface area contributed by atoms with E-state index in [1.165, 1.54) is 12.3 Å². The number of nitrogens with zero attached hydrogens (tertiary/aromatic N) is 2. The van der Waals surface area contributed by atoms with Crippen LogP contribution in [0.25, 0.3) is 11.0 Å². The molecule has 0 spiro atoms. The van der Waals surface area contributed by atoms with Gasteiger partial charge in [0.05, 0.1) is 11.1 Å². The van der Waals surface area contributed by atoms with E-state index in [4.69, 9.17) is 5.11 Å². The Morgan fingerprint density at radius 1 is 1.40 bits per heavy atom. The monoisotopic (exact) mass is 202 g/mol. The fraction of sp³-hybridized carbons (Fsp3) is 0.182. The summed E-state index contributed by atoms with van der Waals surface area (Å²) in [5.41, 5.74) is 3.12. The minimum absolute atomic E-state index is 0.197. The summed E-state index contributed by atoms with van der Waals surface area (Å²) in [6.07, 6.45) is 1.49. The first kappa shape index (κ1) is 9.58. The topological polar surface area (TPSA) is 63.1 Å². The van der Waals surface area contributed by atoms with Crippen LogP contribution in [0.15, 0.2) is 18.3 Å². The number of carboxylic acid groups (broad SMARTS) is 1. The van der Waals surface area contributed by atoms with E-state index in [0.717, 1.165) is 11.3 Å². The second kappa shape index (κ2) is 3.31. The lowest BCUT2D eigenvalue weighted by atomic mass is 10.1. The Balaban J connectivity index is 2.86. The average Bonchev–Trinajstić information content (AvgIpc) is 2.18. The van der Waals surface area contributed by atoms with Crippen molar-refractivity contribution in [2.45, 2.75) is 13.8 Å². The molecular weight excluding hydrogens is 192 g/mol. The maximum Gasteiger partial charge on any atom is 0.338 e. The van der Waals surface area contributed by atoms with E-state index in [2.05, 4.69) is 9.97 Å². The molecule has 0 saturated carbocycles. The zero-order valence-electron chi connectivity index (χ0n) is 8.48. The second-order valence-corrected chi connectivity index (χ2v) is 3.42.